The lowest BCUT2D eigenvalue weighted by molar-refractivity contribution is 0.0946. The minimum absolute atomic E-state index is 0.0276. The van der Waals surface area contributed by atoms with Crippen LogP contribution in [0, 0.1) is 11.7 Å². The summed E-state index contributed by atoms with van der Waals surface area (Å²) in [6, 6.07) is 3.98. The molecule has 0 unspecified atom stereocenters. The second-order valence-electron chi connectivity index (χ2n) is 4.02. The molecule has 1 amide bonds. The van der Waals surface area contributed by atoms with Gasteiger partial charge in [-0.2, -0.15) is 0 Å². The Kier molecular flexibility index (Phi) is 5.42. The maximum Gasteiger partial charge on any atom is 0.251 e. The van der Waals surface area contributed by atoms with Crippen molar-refractivity contribution in [2.75, 3.05) is 6.54 Å². The molecule has 94 valence electrons. The number of rotatable bonds is 5. The molecule has 0 saturated heterocycles. The summed E-state index contributed by atoms with van der Waals surface area (Å²) >= 11 is 5.62. The van der Waals surface area contributed by atoms with E-state index in [1.54, 1.807) is 0 Å². The Balaban J connectivity index is 2.61. The maximum absolute atomic E-state index is 12.9. The second-order valence-corrected chi connectivity index (χ2v) is 4.43. The molecule has 1 aromatic carbocycles. The van der Waals surface area contributed by atoms with Gasteiger partial charge in [0.25, 0.3) is 5.91 Å². The van der Waals surface area contributed by atoms with Crippen LogP contribution in [-0.2, 0) is 0 Å². The quantitative estimate of drug-likeness (QED) is 0.857. The Labute approximate surface area is 106 Å². The van der Waals surface area contributed by atoms with E-state index >= 15 is 0 Å². The van der Waals surface area contributed by atoms with Crippen molar-refractivity contribution in [3.05, 3.63) is 34.6 Å². The van der Waals surface area contributed by atoms with Crippen molar-refractivity contribution in [1.29, 1.82) is 0 Å². The number of benzene rings is 1. The monoisotopic (exact) mass is 257 g/mol. The summed E-state index contributed by atoms with van der Waals surface area (Å²) in [6.45, 7) is 4.82. The molecule has 4 heteroatoms. The normalized spacial score (nSPS) is 10.6. The number of halogens is 2. The van der Waals surface area contributed by atoms with E-state index in [9.17, 15) is 9.18 Å². The van der Waals surface area contributed by atoms with Gasteiger partial charge >= 0.3 is 0 Å². The van der Waals surface area contributed by atoms with Crippen molar-refractivity contribution in [1.82, 2.24) is 5.32 Å². The average Bonchev–Trinajstić information content (AvgIpc) is 2.33. The van der Waals surface area contributed by atoms with E-state index in [2.05, 4.69) is 19.2 Å². The highest BCUT2D eigenvalue weighted by molar-refractivity contribution is 6.31. The fourth-order valence-corrected chi connectivity index (χ4v) is 1.73. The smallest absolute Gasteiger partial charge is 0.251 e. The summed E-state index contributed by atoms with van der Waals surface area (Å²) < 4.78 is 12.9. The Morgan fingerprint density at radius 2 is 2.06 bits per heavy atom. The van der Waals surface area contributed by atoms with Crippen LogP contribution in [0.2, 0.25) is 5.02 Å². The first-order valence-corrected chi connectivity index (χ1v) is 6.19. The van der Waals surface area contributed by atoms with Crippen molar-refractivity contribution in [3.8, 4) is 0 Å². The number of amides is 1. The Morgan fingerprint density at radius 1 is 1.41 bits per heavy atom. The van der Waals surface area contributed by atoms with Crippen molar-refractivity contribution >= 4 is 17.5 Å². The van der Waals surface area contributed by atoms with Crippen molar-refractivity contribution in [2.45, 2.75) is 26.7 Å². The number of hydrogen-bond donors (Lipinski definition) is 1. The first-order chi connectivity index (χ1) is 8.08. The predicted octanol–water partition coefficient (Wildman–Crippen LogP) is 3.65. The summed E-state index contributed by atoms with van der Waals surface area (Å²) in [6.07, 6.45) is 2.06. The fraction of sp³-hybridized carbons (Fsp3) is 0.462. The lowest BCUT2D eigenvalue weighted by Crippen LogP contribution is -2.28. The minimum atomic E-state index is -0.511. The van der Waals surface area contributed by atoms with Gasteiger partial charge in [0, 0.05) is 12.1 Å². The van der Waals surface area contributed by atoms with Crippen molar-refractivity contribution in [3.63, 3.8) is 0 Å². The van der Waals surface area contributed by atoms with Crippen molar-refractivity contribution in [2.24, 2.45) is 5.92 Å². The molecule has 0 aliphatic carbocycles. The molecule has 0 fully saturated rings. The molecule has 0 saturated carbocycles. The SMILES string of the molecule is CCC(CC)CNC(=O)c1ccc(F)c(Cl)c1. The van der Waals surface area contributed by atoms with Gasteiger partial charge in [-0.3, -0.25) is 4.79 Å². The van der Waals surface area contributed by atoms with E-state index in [0.29, 0.717) is 18.0 Å². The zero-order chi connectivity index (χ0) is 12.8. The Bertz CT molecular complexity index is 391. The molecule has 2 nitrogen and oxygen atoms in total. The van der Waals surface area contributed by atoms with Crippen LogP contribution >= 0.6 is 11.6 Å². The molecule has 0 spiro atoms. The summed E-state index contributed by atoms with van der Waals surface area (Å²) in [7, 11) is 0. The van der Waals surface area contributed by atoms with Gasteiger partial charge in [-0.15, -0.1) is 0 Å². The summed E-state index contributed by atoms with van der Waals surface area (Å²) in [5.74, 6) is -0.239. The third kappa shape index (κ3) is 4.00. The number of nitrogens with one attached hydrogen (secondary N) is 1. The Hall–Kier alpha value is -1.09. The third-order valence-electron chi connectivity index (χ3n) is 2.89. The van der Waals surface area contributed by atoms with Gasteiger partial charge in [0.2, 0.25) is 0 Å². The standard InChI is InChI=1S/C13H17ClFNO/c1-3-9(4-2)8-16-13(17)10-5-6-12(15)11(14)7-10/h5-7,9H,3-4,8H2,1-2H3,(H,16,17). The highest BCUT2D eigenvalue weighted by atomic mass is 35.5. The van der Waals surface area contributed by atoms with Gasteiger partial charge in [-0.05, 0) is 24.1 Å². The third-order valence-corrected chi connectivity index (χ3v) is 3.18. The maximum atomic E-state index is 12.9. The van der Waals surface area contributed by atoms with Crippen LogP contribution in [0.5, 0.6) is 0 Å². The molecule has 0 heterocycles. The van der Waals surface area contributed by atoms with Gasteiger partial charge in [0.1, 0.15) is 5.82 Å². The highest BCUT2D eigenvalue weighted by Gasteiger charge is 2.10. The van der Waals surface area contributed by atoms with Crippen LogP contribution in [0.3, 0.4) is 0 Å². The fourth-order valence-electron chi connectivity index (χ4n) is 1.55. The molecule has 0 radical (unpaired) electrons. The summed E-state index contributed by atoms with van der Waals surface area (Å²) in [5, 5.41) is 2.80. The van der Waals surface area contributed by atoms with Crippen LogP contribution in [0.4, 0.5) is 4.39 Å². The molecule has 0 atom stereocenters. The molecule has 0 aromatic heterocycles. The second kappa shape index (κ2) is 6.60. The lowest BCUT2D eigenvalue weighted by atomic mass is 10.0. The molecular formula is C13H17ClFNO. The zero-order valence-corrected chi connectivity index (χ0v) is 10.9. The van der Waals surface area contributed by atoms with E-state index in [-0.39, 0.29) is 10.9 Å². The highest BCUT2D eigenvalue weighted by Crippen LogP contribution is 2.16. The van der Waals surface area contributed by atoms with E-state index in [0.717, 1.165) is 12.8 Å². The number of carbonyl (C=O) groups excluding carboxylic acids is 1. The zero-order valence-electron chi connectivity index (χ0n) is 10.1. The van der Waals surface area contributed by atoms with E-state index < -0.39 is 5.82 Å². The largest absolute Gasteiger partial charge is 0.352 e. The minimum Gasteiger partial charge on any atom is -0.352 e. The lowest BCUT2D eigenvalue weighted by Gasteiger charge is -2.13. The van der Waals surface area contributed by atoms with E-state index in [1.807, 2.05) is 0 Å². The first kappa shape index (κ1) is 14.0. The van der Waals surface area contributed by atoms with Crippen LogP contribution in [0.1, 0.15) is 37.0 Å². The summed E-state index contributed by atoms with van der Waals surface area (Å²) in [4.78, 5) is 11.8. The molecule has 17 heavy (non-hydrogen) atoms. The molecule has 1 rings (SSSR count). The molecule has 0 bridgehead atoms. The van der Waals surface area contributed by atoms with Gasteiger partial charge in [-0.25, -0.2) is 4.39 Å². The molecule has 0 aliphatic rings. The summed E-state index contributed by atoms with van der Waals surface area (Å²) in [5.41, 5.74) is 0.391. The van der Waals surface area contributed by atoms with E-state index in [4.69, 9.17) is 11.6 Å². The molecule has 1 N–H and O–H groups in total. The first-order valence-electron chi connectivity index (χ1n) is 5.81. The van der Waals surface area contributed by atoms with E-state index in [1.165, 1.54) is 18.2 Å². The predicted molar refractivity (Wildman–Crippen MR) is 67.8 cm³/mol. The Morgan fingerprint density at radius 3 is 2.59 bits per heavy atom. The molecule has 0 aliphatic heterocycles. The molecular weight excluding hydrogens is 241 g/mol. The average molecular weight is 258 g/mol. The topological polar surface area (TPSA) is 29.1 Å². The van der Waals surface area contributed by atoms with Gasteiger partial charge in [0.05, 0.1) is 5.02 Å². The van der Waals surface area contributed by atoms with Gasteiger partial charge in [-0.1, -0.05) is 38.3 Å². The van der Waals surface area contributed by atoms with Crippen LogP contribution in [0.15, 0.2) is 18.2 Å². The number of carbonyl (C=O) groups is 1. The molecule has 1 aromatic rings. The van der Waals surface area contributed by atoms with Crippen molar-refractivity contribution < 1.29 is 9.18 Å². The van der Waals surface area contributed by atoms with Crippen LogP contribution in [0.25, 0.3) is 0 Å². The van der Waals surface area contributed by atoms with Gasteiger partial charge in [0.15, 0.2) is 0 Å². The number of hydrogen-bond acceptors (Lipinski definition) is 1. The van der Waals surface area contributed by atoms with Gasteiger partial charge < -0.3 is 5.32 Å². The van der Waals surface area contributed by atoms with Crippen LogP contribution in [-0.4, -0.2) is 12.5 Å². The van der Waals surface area contributed by atoms with Crippen LogP contribution < -0.4 is 5.32 Å².